The number of fused-ring (bicyclic) bond motifs is 1. The summed E-state index contributed by atoms with van der Waals surface area (Å²) in [5, 5.41) is 4.75. The van der Waals surface area contributed by atoms with Crippen molar-refractivity contribution in [3.8, 4) is 0 Å². The Balaban J connectivity index is 2.18. The molecule has 1 aromatic carbocycles. The van der Waals surface area contributed by atoms with E-state index in [1.807, 2.05) is 0 Å². The van der Waals surface area contributed by atoms with Gasteiger partial charge in [-0.1, -0.05) is 31.2 Å². The van der Waals surface area contributed by atoms with Gasteiger partial charge in [0, 0.05) is 4.88 Å². The maximum Gasteiger partial charge on any atom is 0.120 e. The largest absolute Gasteiger partial charge is 0.374 e. The Kier molecular flexibility index (Phi) is 3.63. The van der Waals surface area contributed by atoms with Gasteiger partial charge in [-0.25, -0.2) is 4.98 Å². The van der Waals surface area contributed by atoms with Gasteiger partial charge >= 0.3 is 0 Å². The van der Waals surface area contributed by atoms with E-state index in [0.29, 0.717) is 13.2 Å². The van der Waals surface area contributed by atoms with Gasteiger partial charge in [0.25, 0.3) is 0 Å². The Labute approximate surface area is 124 Å². The number of ether oxygens (including phenoxy) is 1. The fraction of sp³-hybridized carbons (Fsp3) is 0.438. The summed E-state index contributed by atoms with van der Waals surface area (Å²) in [6.07, 6.45) is 0. The molecule has 106 valence electrons. The van der Waals surface area contributed by atoms with E-state index in [4.69, 9.17) is 9.72 Å². The van der Waals surface area contributed by atoms with Crippen LogP contribution in [-0.2, 0) is 16.9 Å². The quantitative estimate of drug-likeness (QED) is 0.942. The third-order valence-corrected chi connectivity index (χ3v) is 5.16. The molecule has 0 fully saturated rings. The number of nitrogens with zero attached hydrogens (tertiary/aromatic N) is 1. The van der Waals surface area contributed by atoms with Crippen LogP contribution in [0.4, 0.5) is 0 Å². The van der Waals surface area contributed by atoms with Crippen molar-refractivity contribution < 1.29 is 4.74 Å². The van der Waals surface area contributed by atoms with Crippen LogP contribution in [0.25, 0.3) is 0 Å². The zero-order valence-electron chi connectivity index (χ0n) is 12.2. The molecule has 0 spiro atoms. The fourth-order valence-corrected chi connectivity index (χ4v) is 3.89. The Morgan fingerprint density at radius 3 is 2.85 bits per heavy atom. The molecule has 4 heteroatoms. The van der Waals surface area contributed by atoms with Crippen molar-refractivity contribution in [3.63, 3.8) is 0 Å². The molecule has 1 N–H and O–H groups in total. The molecular formula is C16H20N2OS. The summed E-state index contributed by atoms with van der Waals surface area (Å²) in [6, 6.07) is 8.52. The first kappa shape index (κ1) is 13.7. The number of aryl methyl sites for hydroxylation is 2. The van der Waals surface area contributed by atoms with Crippen LogP contribution in [0.3, 0.4) is 0 Å². The molecule has 1 aromatic heterocycles. The first-order valence-corrected chi connectivity index (χ1v) is 7.84. The Morgan fingerprint density at radius 1 is 1.35 bits per heavy atom. The van der Waals surface area contributed by atoms with Gasteiger partial charge in [0.1, 0.15) is 10.5 Å². The maximum atomic E-state index is 5.87. The van der Waals surface area contributed by atoms with Gasteiger partial charge in [0.15, 0.2) is 0 Å². The minimum Gasteiger partial charge on any atom is -0.374 e. The van der Waals surface area contributed by atoms with E-state index in [1.165, 1.54) is 16.0 Å². The summed E-state index contributed by atoms with van der Waals surface area (Å²) in [7, 11) is 0. The molecule has 0 aliphatic carbocycles. The molecule has 2 aromatic rings. The molecule has 0 bridgehead atoms. The first-order chi connectivity index (χ1) is 9.67. The van der Waals surface area contributed by atoms with Crippen LogP contribution < -0.4 is 5.32 Å². The van der Waals surface area contributed by atoms with Crippen molar-refractivity contribution in [2.75, 3.05) is 13.2 Å². The minimum absolute atomic E-state index is 0.298. The van der Waals surface area contributed by atoms with Crippen molar-refractivity contribution in [1.29, 1.82) is 0 Å². The monoisotopic (exact) mass is 288 g/mol. The van der Waals surface area contributed by atoms with Crippen LogP contribution in [0.1, 0.15) is 33.6 Å². The van der Waals surface area contributed by atoms with Gasteiger partial charge in [-0.05, 0) is 31.5 Å². The Hall–Kier alpha value is -1.23. The van der Waals surface area contributed by atoms with Crippen LogP contribution in [-0.4, -0.2) is 18.1 Å². The number of benzene rings is 1. The first-order valence-electron chi connectivity index (χ1n) is 7.03. The summed E-state index contributed by atoms with van der Waals surface area (Å²) in [5.41, 5.74) is 3.38. The zero-order valence-corrected chi connectivity index (χ0v) is 13.0. The molecule has 2 heterocycles. The molecule has 1 aliphatic heterocycles. The molecule has 0 radical (unpaired) electrons. The average molecular weight is 288 g/mol. The van der Waals surface area contributed by atoms with Gasteiger partial charge in [-0.2, -0.15) is 0 Å². The van der Waals surface area contributed by atoms with Gasteiger partial charge in [0.05, 0.1) is 18.9 Å². The highest BCUT2D eigenvalue weighted by Crippen LogP contribution is 2.38. The lowest BCUT2D eigenvalue weighted by Crippen LogP contribution is -2.49. The van der Waals surface area contributed by atoms with E-state index in [9.17, 15) is 0 Å². The van der Waals surface area contributed by atoms with E-state index < -0.39 is 0 Å². The third kappa shape index (κ3) is 2.08. The van der Waals surface area contributed by atoms with Crippen molar-refractivity contribution in [2.24, 2.45) is 0 Å². The summed E-state index contributed by atoms with van der Waals surface area (Å²) in [4.78, 5) is 6.08. The number of aromatic nitrogens is 1. The summed E-state index contributed by atoms with van der Waals surface area (Å²) >= 11 is 1.77. The minimum atomic E-state index is -0.298. The van der Waals surface area contributed by atoms with E-state index in [-0.39, 0.29) is 5.54 Å². The Bertz CT molecular complexity index is 603. The van der Waals surface area contributed by atoms with Gasteiger partial charge in [0.2, 0.25) is 0 Å². The lowest BCUT2D eigenvalue weighted by Gasteiger charge is -2.38. The van der Waals surface area contributed by atoms with Crippen LogP contribution in [0.2, 0.25) is 0 Å². The average Bonchev–Trinajstić information content (AvgIpc) is 2.80. The van der Waals surface area contributed by atoms with E-state index in [2.05, 4.69) is 50.4 Å². The second kappa shape index (κ2) is 5.28. The summed E-state index contributed by atoms with van der Waals surface area (Å²) in [5.74, 6) is 0. The predicted octanol–water partition coefficient (Wildman–Crippen LogP) is 3.14. The van der Waals surface area contributed by atoms with E-state index >= 15 is 0 Å². The SMILES string of the molecule is CCNC1(c2nc(C)c(C)s2)COCc2ccccc21. The molecular weight excluding hydrogens is 268 g/mol. The highest BCUT2D eigenvalue weighted by atomic mass is 32.1. The van der Waals surface area contributed by atoms with Crippen molar-refractivity contribution in [3.05, 3.63) is 51.0 Å². The number of rotatable bonds is 3. The highest BCUT2D eigenvalue weighted by molar-refractivity contribution is 7.11. The van der Waals surface area contributed by atoms with Gasteiger partial charge in [-0.15, -0.1) is 11.3 Å². The predicted molar refractivity (Wildman–Crippen MR) is 82.1 cm³/mol. The molecule has 3 rings (SSSR count). The van der Waals surface area contributed by atoms with Crippen molar-refractivity contribution in [1.82, 2.24) is 10.3 Å². The van der Waals surface area contributed by atoms with Crippen LogP contribution in [0.5, 0.6) is 0 Å². The number of likely N-dealkylation sites (N-methyl/N-ethyl adjacent to an activating group) is 1. The molecule has 1 atom stereocenters. The molecule has 1 unspecified atom stereocenters. The van der Waals surface area contributed by atoms with Gasteiger partial charge < -0.3 is 10.1 Å². The smallest absolute Gasteiger partial charge is 0.120 e. The topological polar surface area (TPSA) is 34.2 Å². The maximum absolute atomic E-state index is 5.87. The number of hydrogen-bond donors (Lipinski definition) is 1. The number of nitrogens with one attached hydrogen (secondary N) is 1. The molecule has 1 aliphatic rings. The standard InChI is InChI=1S/C16H20N2OS/c1-4-17-16(15-18-11(2)12(3)20-15)10-19-9-13-7-5-6-8-14(13)16/h5-8,17H,4,9-10H2,1-3H3. The highest BCUT2D eigenvalue weighted by Gasteiger charge is 2.41. The fourth-order valence-electron chi connectivity index (χ4n) is 2.81. The molecule has 20 heavy (non-hydrogen) atoms. The zero-order chi connectivity index (χ0) is 14.2. The van der Waals surface area contributed by atoms with Crippen molar-refractivity contribution >= 4 is 11.3 Å². The third-order valence-electron chi connectivity index (χ3n) is 3.93. The lowest BCUT2D eigenvalue weighted by molar-refractivity contribution is 0.0530. The normalized spacial score (nSPS) is 21.8. The van der Waals surface area contributed by atoms with E-state index in [1.54, 1.807) is 11.3 Å². The molecule has 0 amide bonds. The van der Waals surface area contributed by atoms with Crippen LogP contribution in [0, 0.1) is 13.8 Å². The number of hydrogen-bond acceptors (Lipinski definition) is 4. The lowest BCUT2D eigenvalue weighted by atomic mass is 9.85. The van der Waals surface area contributed by atoms with Crippen LogP contribution in [0.15, 0.2) is 24.3 Å². The molecule has 3 nitrogen and oxygen atoms in total. The second-order valence-corrected chi connectivity index (χ2v) is 6.45. The van der Waals surface area contributed by atoms with Crippen molar-refractivity contribution in [2.45, 2.75) is 32.9 Å². The summed E-state index contributed by atoms with van der Waals surface area (Å²) in [6.45, 7) is 8.55. The number of thiazole rings is 1. The molecule has 0 saturated carbocycles. The summed E-state index contributed by atoms with van der Waals surface area (Å²) < 4.78 is 5.87. The second-order valence-electron chi connectivity index (χ2n) is 5.25. The van der Waals surface area contributed by atoms with E-state index in [0.717, 1.165) is 17.2 Å². The molecule has 0 saturated heterocycles. The Morgan fingerprint density at radius 2 is 2.15 bits per heavy atom. The van der Waals surface area contributed by atoms with Crippen LogP contribution >= 0.6 is 11.3 Å². The van der Waals surface area contributed by atoms with Gasteiger partial charge in [-0.3, -0.25) is 0 Å².